The Morgan fingerprint density at radius 3 is 2.80 bits per heavy atom. The lowest BCUT2D eigenvalue weighted by atomic mass is 10.0. The molecule has 0 saturated heterocycles. The van der Waals surface area contributed by atoms with Crippen molar-refractivity contribution in [1.82, 2.24) is 9.78 Å². The molecule has 2 aromatic rings. The van der Waals surface area contributed by atoms with Crippen molar-refractivity contribution in [1.29, 1.82) is 0 Å². The zero-order chi connectivity index (χ0) is 14.7. The summed E-state index contributed by atoms with van der Waals surface area (Å²) in [7, 11) is 0. The van der Waals surface area contributed by atoms with E-state index in [2.05, 4.69) is 5.10 Å². The molecule has 1 aromatic heterocycles. The van der Waals surface area contributed by atoms with Crippen LogP contribution < -0.4 is 4.74 Å². The maximum absolute atomic E-state index is 10.8. The number of nitrogens with zero attached hydrogens (tertiary/aromatic N) is 2. The first-order chi connectivity index (χ1) is 9.52. The summed E-state index contributed by atoms with van der Waals surface area (Å²) in [4.78, 5) is 10.8. The van der Waals surface area contributed by atoms with Crippen molar-refractivity contribution in [2.45, 2.75) is 27.3 Å². The largest absolute Gasteiger partial charge is 0.494 e. The Morgan fingerprint density at radius 2 is 2.15 bits per heavy atom. The van der Waals surface area contributed by atoms with Gasteiger partial charge in [-0.1, -0.05) is 12.1 Å². The Bertz CT molecular complexity index is 632. The maximum atomic E-state index is 10.8. The van der Waals surface area contributed by atoms with Crippen LogP contribution in [-0.4, -0.2) is 27.5 Å². The van der Waals surface area contributed by atoms with E-state index in [1.807, 2.05) is 45.0 Å². The predicted molar refractivity (Wildman–Crippen MR) is 75.9 cm³/mol. The van der Waals surface area contributed by atoms with Gasteiger partial charge in [0, 0.05) is 11.3 Å². The molecule has 0 saturated carbocycles. The minimum absolute atomic E-state index is 0.127. The normalized spacial score (nSPS) is 10.6. The minimum atomic E-state index is -0.898. The van der Waals surface area contributed by atoms with Gasteiger partial charge in [-0.15, -0.1) is 0 Å². The van der Waals surface area contributed by atoms with Gasteiger partial charge in [-0.2, -0.15) is 5.10 Å². The molecule has 0 amide bonds. The molecule has 106 valence electrons. The highest BCUT2D eigenvalue weighted by atomic mass is 16.5. The summed E-state index contributed by atoms with van der Waals surface area (Å²) in [5, 5.41) is 13.2. The fraction of sp³-hybridized carbons (Fsp3) is 0.333. The van der Waals surface area contributed by atoms with E-state index < -0.39 is 5.97 Å². The molecule has 1 aromatic carbocycles. The van der Waals surface area contributed by atoms with Gasteiger partial charge >= 0.3 is 5.97 Å². The van der Waals surface area contributed by atoms with Crippen molar-refractivity contribution in [3.63, 3.8) is 0 Å². The smallest absolute Gasteiger partial charge is 0.325 e. The molecular weight excluding hydrogens is 256 g/mol. The fourth-order valence-corrected chi connectivity index (χ4v) is 2.30. The van der Waals surface area contributed by atoms with Gasteiger partial charge in [-0.05, 0) is 38.5 Å². The van der Waals surface area contributed by atoms with Crippen LogP contribution in [0.3, 0.4) is 0 Å². The van der Waals surface area contributed by atoms with E-state index in [1.165, 1.54) is 4.68 Å². The third-order valence-corrected chi connectivity index (χ3v) is 3.10. The summed E-state index contributed by atoms with van der Waals surface area (Å²) < 4.78 is 7.01. The SMILES string of the molecule is CCOc1cccc(-c2c(C)nn(CC(=O)O)c2C)c1. The molecule has 0 fully saturated rings. The van der Waals surface area contributed by atoms with E-state index in [0.29, 0.717) is 6.61 Å². The van der Waals surface area contributed by atoms with Crippen LogP contribution in [0.15, 0.2) is 24.3 Å². The number of rotatable bonds is 5. The number of carboxylic acid groups (broad SMARTS) is 1. The molecule has 0 radical (unpaired) electrons. The zero-order valence-corrected chi connectivity index (χ0v) is 11.9. The Hall–Kier alpha value is -2.30. The van der Waals surface area contributed by atoms with Crippen molar-refractivity contribution in [2.75, 3.05) is 6.61 Å². The van der Waals surface area contributed by atoms with Crippen LogP contribution in [0.1, 0.15) is 18.3 Å². The third kappa shape index (κ3) is 2.82. The molecule has 1 N–H and O–H groups in total. The summed E-state index contributed by atoms with van der Waals surface area (Å²) in [6.45, 7) is 6.19. The lowest BCUT2D eigenvalue weighted by Crippen LogP contribution is -2.11. The summed E-state index contributed by atoms with van der Waals surface area (Å²) in [5.41, 5.74) is 3.62. The fourth-order valence-electron chi connectivity index (χ4n) is 2.30. The van der Waals surface area contributed by atoms with Gasteiger partial charge in [0.25, 0.3) is 0 Å². The number of benzene rings is 1. The van der Waals surface area contributed by atoms with Crippen LogP contribution in [0.4, 0.5) is 0 Å². The van der Waals surface area contributed by atoms with Crippen LogP contribution in [0.5, 0.6) is 5.75 Å². The summed E-state index contributed by atoms with van der Waals surface area (Å²) >= 11 is 0. The van der Waals surface area contributed by atoms with Gasteiger partial charge in [-0.3, -0.25) is 9.48 Å². The van der Waals surface area contributed by atoms with E-state index in [-0.39, 0.29) is 6.54 Å². The molecule has 20 heavy (non-hydrogen) atoms. The van der Waals surface area contributed by atoms with Crippen LogP contribution in [0, 0.1) is 13.8 Å². The monoisotopic (exact) mass is 274 g/mol. The van der Waals surface area contributed by atoms with E-state index in [9.17, 15) is 4.79 Å². The summed E-state index contributed by atoms with van der Waals surface area (Å²) in [5.74, 6) is -0.0972. The van der Waals surface area contributed by atoms with Crippen molar-refractivity contribution < 1.29 is 14.6 Å². The Labute approximate surface area is 117 Å². The second kappa shape index (κ2) is 5.77. The van der Waals surface area contributed by atoms with E-state index in [0.717, 1.165) is 28.3 Å². The van der Waals surface area contributed by atoms with Gasteiger partial charge in [0.2, 0.25) is 0 Å². The second-order valence-corrected chi connectivity index (χ2v) is 4.56. The third-order valence-electron chi connectivity index (χ3n) is 3.10. The standard InChI is InChI=1S/C15H18N2O3/c1-4-20-13-7-5-6-12(8-13)15-10(2)16-17(11(15)3)9-14(18)19/h5-8H,4,9H2,1-3H3,(H,18,19). The van der Waals surface area contributed by atoms with Gasteiger partial charge in [-0.25, -0.2) is 0 Å². The Kier molecular flexibility index (Phi) is 4.08. The number of ether oxygens (including phenoxy) is 1. The van der Waals surface area contributed by atoms with Crippen molar-refractivity contribution in [3.05, 3.63) is 35.7 Å². The summed E-state index contributed by atoms with van der Waals surface area (Å²) in [6.07, 6.45) is 0. The number of aliphatic carboxylic acids is 1. The lowest BCUT2D eigenvalue weighted by molar-refractivity contribution is -0.137. The highest BCUT2D eigenvalue weighted by Crippen LogP contribution is 2.29. The number of carbonyl (C=O) groups is 1. The number of aromatic nitrogens is 2. The quantitative estimate of drug-likeness (QED) is 0.910. The average Bonchev–Trinajstić information content (AvgIpc) is 2.64. The van der Waals surface area contributed by atoms with Crippen molar-refractivity contribution >= 4 is 5.97 Å². The van der Waals surface area contributed by atoms with Gasteiger partial charge in [0.15, 0.2) is 0 Å². The minimum Gasteiger partial charge on any atom is -0.494 e. The molecule has 0 unspecified atom stereocenters. The first kappa shape index (κ1) is 14.1. The molecular formula is C15H18N2O3. The molecule has 0 spiro atoms. The molecule has 5 nitrogen and oxygen atoms in total. The predicted octanol–water partition coefficient (Wildman–Crippen LogP) is 2.65. The molecule has 5 heteroatoms. The topological polar surface area (TPSA) is 64.4 Å². The Balaban J connectivity index is 2.44. The molecule has 0 bridgehead atoms. The van der Waals surface area contributed by atoms with Crippen molar-refractivity contribution in [3.8, 4) is 16.9 Å². The molecule has 0 aliphatic heterocycles. The van der Waals surface area contributed by atoms with Crippen LogP contribution in [-0.2, 0) is 11.3 Å². The molecule has 0 atom stereocenters. The summed E-state index contributed by atoms with van der Waals surface area (Å²) in [6, 6.07) is 7.75. The van der Waals surface area contributed by atoms with Gasteiger partial charge in [0.05, 0.1) is 12.3 Å². The van der Waals surface area contributed by atoms with E-state index in [1.54, 1.807) is 0 Å². The highest BCUT2D eigenvalue weighted by molar-refractivity contribution is 5.71. The van der Waals surface area contributed by atoms with E-state index >= 15 is 0 Å². The van der Waals surface area contributed by atoms with Crippen molar-refractivity contribution in [2.24, 2.45) is 0 Å². The van der Waals surface area contributed by atoms with E-state index in [4.69, 9.17) is 9.84 Å². The lowest BCUT2D eigenvalue weighted by Gasteiger charge is -2.07. The molecule has 0 aliphatic rings. The van der Waals surface area contributed by atoms with Crippen LogP contribution in [0.2, 0.25) is 0 Å². The molecule has 1 heterocycles. The van der Waals surface area contributed by atoms with Gasteiger partial charge < -0.3 is 9.84 Å². The van der Waals surface area contributed by atoms with Crippen LogP contribution >= 0.6 is 0 Å². The maximum Gasteiger partial charge on any atom is 0.325 e. The highest BCUT2D eigenvalue weighted by Gasteiger charge is 2.15. The van der Waals surface area contributed by atoms with Crippen LogP contribution in [0.25, 0.3) is 11.1 Å². The molecule has 0 aliphatic carbocycles. The number of hydrogen-bond acceptors (Lipinski definition) is 3. The number of hydrogen-bond donors (Lipinski definition) is 1. The van der Waals surface area contributed by atoms with Gasteiger partial charge in [0.1, 0.15) is 12.3 Å². The zero-order valence-electron chi connectivity index (χ0n) is 11.9. The first-order valence-corrected chi connectivity index (χ1v) is 6.52. The number of aryl methyl sites for hydroxylation is 1. The first-order valence-electron chi connectivity index (χ1n) is 6.52. The average molecular weight is 274 g/mol. The Morgan fingerprint density at radius 1 is 1.40 bits per heavy atom. The second-order valence-electron chi connectivity index (χ2n) is 4.56. The molecule has 2 rings (SSSR count). The number of carboxylic acids is 1.